The molecule has 6 rings (SSSR count). The van der Waals surface area contributed by atoms with E-state index in [1.165, 1.54) is 5.56 Å². The molecule has 1 aromatic rings. The van der Waals surface area contributed by atoms with Gasteiger partial charge in [0.05, 0.1) is 29.5 Å². The first-order chi connectivity index (χ1) is 14.5. The van der Waals surface area contributed by atoms with Gasteiger partial charge in [-0.15, -0.1) is 0 Å². The summed E-state index contributed by atoms with van der Waals surface area (Å²) < 4.78 is 11.9. The first-order valence-corrected chi connectivity index (χ1v) is 11.4. The second kappa shape index (κ2) is 5.25. The van der Waals surface area contributed by atoms with Crippen molar-refractivity contribution in [2.24, 2.45) is 27.6 Å². The molecule has 0 aromatic carbocycles. The van der Waals surface area contributed by atoms with Crippen LogP contribution in [0.2, 0.25) is 0 Å². The molecule has 164 valence electrons. The van der Waals surface area contributed by atoms with Crippen LogP contribution in [0.1, 0.15) is 65.4 Å². The highest BCUT2D eigenvalue weighted by atomic mass is 16.6. The fourth-order valence-corrected chi connectivity index (χ4v) is 8.78. The van der Waals surface area contributed by atoms with Crippen molar-refractivity contribution < 1.29 is 23.8 Å². The Labute approximate surface area is 182 Å². The van der Waals surface area contributed by atoms with E-state index in [-0.39, 0.29) is 40.7 Å². The van der Waals surface area contributed by atoms with Crippen LogP contribution in [-0.4, -0.2) is 28.4 Å². The molecule has 1 aliphatic heterocycles. The molecule has 1 aromatic heterocycles. The summed E-state index contributed by atoms with van der Waals surface area (Å²) in [6.45, 7) is 10.0. The van der Waals surface area contributed by atoms with E-state index < -0.39 is 21.8 Å². The van der Waals surface area contributed by atoms with Crippen molar-refractivity contribution in [2.45, 2.75) is 71.5 Å². The van der Waals surface area contributed by atoms with Gasteiger partial charge in [0.15, 0.2) is 11.5 Å². The molecule has 0 amide bonds. The molecule has 1 N–H and O–H groups in total. The van der Waals surface area contributed by atoms with Crippen LogP contribution >= 0.6 is 0 Å². The van der Waals surface area contributed by atoms with E-state index in [2.05, 4.69) is 13.8 Å². The van der Waals surface area contributed by atoms with Crippen LogP contribution in [0.4, 0.5) is 0 Å². The van der Waals surface area contributed by atoms with Crippen molar-refractivity contribution in [1.29, 1.82) is 0 Å². The second-order valence-corrected chi connectivity index (χ2v) is 11.6. The summed E-state index contributed by atoms with van der Waals surface area (Å²) in [5.41, 5.74) is -1.40. The highest BCUT2D eigenvalue weighted by Gasteiger charge is 2.87. The minimum Gasteiger partial charge on any atom is -0.504 e. The zero-order valence-electron chi connectivity index (χ0n) is 18.8. The number of aliphatic hydroxyl groups is 1. The van der Waals surface area contributed by atoms with Crippen LogP contribution in [0.3, 0.4) is 0 Å². The Hall–Kier alpha value is -2.14. The molecule has 5 nitrogen and oxygen atoms in total. The zero-order chi connectivity index (χ0) is 22.2. The summed E-state index contributed by atoms with van der Waals surface area (Å²) in [6, 6.07) is 2.03. The molecule has 5 aliphatic rings. The van der Waals surface area contributed by atoms with Crippen molar-refractivity contribution >= 4 is 11.6 Å². The predicted octanol–water partition coefficient (Wildman–Crippen LogP) is 4.89. The molecule has 5 heteroatoms. The van der Waals surface area contributed by atoms with Crippen LogP contribution in [0, 0.1) is 27.6 Å². The van der Waals surface area contributed by atoms with Crippen molar-refractivity contribution in [1.82, 2.24) is 0 Å². The normalized spacial score (nSPS) is 49.4. The molecule has 1 saturated heterocycles. The summed E-state index contributed by atoms with van der Waals surface area (Å²) in [4.78, 5) is 26.7. The van der Waals surface area contributed by atoms with E-state index >= 15 is 0 Å². The number of ether oxygens (including phenoxy) is 1. The number of carbonyl (C=O) groups is 2. The Kier molecular flexibility index (Phi) is 3.31. The third-order valence-corrected chi connectivity index (χ3v) is 10.2. The summed E-state index contributed by atoms with van der Waals surface area (Å²) in [5, 5.41) is 11.4. The maximum atomic E-state index is 14.0. The zero-order valence-corrected chi connectivity index (χ0v) is 18.8. The van der Waals surface area contributed by atoms with E-state index in [4.69, 9.17) is 9.15 Å². The van der Waals surface area contributed by atoms with Crippen LogP contribution in [0.5, 0.6) is 0 Å². The number of carbonyl (C=O) groups excluding carboxylic acids is 2. The van der Waals surface area contributed by atoms with Gasteiger partial charge in [-0.2, -0.15) is 0 Å². The average Bonchev–Trinajstić information content (AvgIpc) is 3.07. The van der Waals surface area contributed by atoms with Gasteiger partial charge < -0.3 is 14.3 Å². The van der Waals surface area contributed by atoms with Gasteiger partial charge in [-0.3, -0.25) is 9.59 Å². The minimum absolute atomic E-state index is 0.00527. The molecular weight excluding hydrogens is 392 g/mol. The van der Waals surface area contributed by atoms with Crippen molar-refractivity contribution in [3.8, 4) is 0 Å². The molecule has 31 heavy (non-hydrogen) atoms. The number of aliphatic hydroxyl groups excluding tert-OH is 1. The van der Waals surface area contributed by atoms with E-state index in [1.54, 1.807) is 12.3 Å². The van der Waals surface area contributed by atoms with Gasteiger partial charge in [-0.1, -0.05) is 19.9 Å². The Morgan fingerprint density at radius 2 is 1.87 bits per heavy atom. The SMILES string of the molecule is CC1(C)C(=O)C=C[C@]2(C)C1=C(O)C(=O)[C@@]1(C)[C@H]2CC[C@]2(C)[C@@H](c3ccoc3)C[C@@H]3OC312. The van der Waals surface area contributed by atoms with E-state index in [0.29, 0.717) is 5.57 Å². The Morgan fingerprint density at radius 3 is 2.55 bits per heavy atom. The summed E-state index contributed by atoms with van der Waals surface area (Å²) in [7, 11) is 0. The van der Waals surface area contributed by atoms with Gasteiger partial charge >= 0.3 is 0 Å². The molecule has 2 saturated carbocycles. The van der Waals surface area contributed by atoms with Crippen molar-refractivity contribution in [3.63, 3.8) is 0 Å². The molecule has 4 aliphatic carbocycles. The number of epoxide rings is 1. The molecule has 2 heterocycles. The molecule has 7 atom stereocenters. The molecule has 0 radical (unpaired) electrons. The number of ketones is 2. The number of allylic oxidation sites excluding steroid dienone is 4. The van der Waals surface area contributed by atoms with Gasteiger partial charge in [0.1, 0.15) is 5.60 Å². The Balaban J connectivity index is 1.57. The van der Waals surface area contributed by atoms with Crippen LogP contribution in [0.25, 0.3) is 0 Å². The lowest BCUT2D eigenvalue weighted by Gasteiger charge is -2.62. The first-order valence-electron chi connectivity index (χ1n) is 11.4. The highest BCUT2D eigenvalue weighted by Crippen LogP contribution is 2.81. The number of hydrogen-bond donors (Lipinski definition) is 1. The molecule has 1 unspecified atom stereocenters. The highest BCUT2D eigenvalue weighted by molar-refractivity contribution is 6.06. The smallest absolute Gasteiger partial charge is 0.206 e. The number of furan rings is 1. The van der Waals surface area contributed by atoms with Crippen LogP contribution < -0.4 is 0 Å². The second-order valence-electron chi connectivity index (χ2n) is 11.6. The summed E-state index contributed by atoms with van der Waals surface area (Å²) >= 11 is 0. The monoisotopic (exact) mass is 422 g/mol. The van der Waals surface area contributed by atoms with Gasteiger partial charge in [0, 0.05) is 10.8 Å². The summed E-state index contributed by atoms with van der Waals surface area (Å²) in [6.07, 6.45) is 9.76. The summed E-state index contributed by atoms with van der Waals surface area (Å²) in [5.74, 6) is -0.312. The lowest BCUT2D eigenvalue weighted by atomic mass is 9.39. The third-order valence-electron chi connectivity index (χ3n) is 10.2. The maximum absolute atomic E-state index is 14.0. The van der Waals surface area contributed by atoms with E-state index in [0.717, 1.165) is 19.3 Å². The number of rotatable bonds is 1. The Morgan fingerprint density at radius 1 is 1.13 bits per heavy atom. The Bertz CT molecular complexity index is 1090. The molecule has 3 fully saturated rings. The number of fused-ring (bicyclic) bond motifs is 3. The lowest BCUT2D eigenvalue weighted by Crippen LogP contribution is -2.66. The minimum atomic E-state index is -0.901. The number of Topliss-reactive ketones (excluding diaryl/α,β-unsaturated/α-hetero) is 1. The largest absolute Gasteiger partial charge is 0.504 e. The maximum Gasteiger partial charge on any atom is 0.206 e. The van der Waals surface area contributed by atoms with Crippen molar-refractivity contribution in [3.05, 3.63) is 47.6 Å². The number of hydrogen-bond acceptors (Lipinski definition) is 5. The van der Waals surface area contributed by atoms with E-state index in [1.807, 2.05) is 39.2 Å². The topological polar surface area (TPSA) is 80.0 Å². The van der Waals surface area contributed by atoms with Gasteiger partial charge in [-0.05, 0) is 75.1 Å². The van der Waals surface area contributed by atoms with Crippen LogP contribution in [-0.2, 0) is 14.3 Å². The quantitative estimate of drug-likeness (QED) is 0.652. The fraction of sp³-hybridized carbons (Fsp3) is 0.615. The average molecular weight is 423 g/mol. The van der Waals surface area contributed by atoms with E-state index in [9.17, 15) is 14.7 Å². The third kappa shape index (κ3) is 1.80. The molecule has 0 bridgehead atoms. The van der Waals surface area contributed by atoms with Gasteiger partial charge in [-0.25, -0.2) is 0 Å². The first kappa shape index (κ1) is 19.5. The molecular formula is C26H30O5. The van der Waals surface area contributed by atoms with Crippen LogP contribution in [0.15, 0.2) is 46.5 Å². The lowest BCUT2D eigenvalue weighted by molar-refractivity contribution is -0.162. The van der Waals surface area contributed by atoms with Crippen molar-refractivity contribution in [2.75, 3.05) is 0 Å². The fourth-order valence-electron chi connectivity index (χ4n) is 8.78. The predicted molar refractivity (Wildman–Crippen MR) is 113 cm³/mol. The van der Waals surface area contributed by atoms with Gasteiger partial charge in [0.25, 0.3) is 0 Å². The standard InChI is InChI=1S/C26H30O5/c1-22(2)17(27)7-9-23(3)16-6-10-24(4)15(14-8-11-30-13-14)12-18-26(24,31-18)25(16,5)21(29)19(28)20(22)23/h7-9,11,13,15-16,18,28H,6,10,12H2,1-5H3/t15-,16+,18+,23+,24-,25-,26?/m1/s1. The van der Waals surface area contributed by atoms with Gasteiger partial charge in [0.2, 0.25) is 5.78 Å². The molecule has 1 spiro atoms.